The van der Waals surface area contributed by atoms with Crippen molar-refractivity contribution in [3.05, 3.63) is 88.5 Å². The van der Waals surface area contributed by atoms with Crippen LogP contribution in [0.3, 0.4) is 0 Å². The monoisotopic (exact) mass is 465 g/mol. The molecule has 3 rings (SSSR count). The van der Waals surface area contributed by atoms with Crippen molar-refractivity contribution < 1.29 is 28.9 Å². The Kier molecular flexibility index (Phi) is 7.83. The number of carboxylic acid groups (broad SMARTS) is 1. The largest absolute Gasteiger partial charge is 0.497 e. The molecule has 0 heterocycles. The second-order valence-corrected chi connectivity index (χ2v) is 7.08. The molecule has 0 bridgehead atoms. The van der Waals surface area contributed by atoms with Crippen LogP contribution in [0.2, 0.25) is 5.02 Å². The summed E-state index contributed by atoms with van der Waals surface area (Å²) in [7, 11) is 3.01. The lowest BCUT2D eigenvalue weighted by Gasteiger charge is -2.11. The molecule has 0 unspecified atom stereocenters. The Morgan fingerprint density at radius 2 is 1.64 bits per heavy atom. The van der Waals surface area contributed by atoms with Gasteiger partial charge in [-0.1, -0.05) is 23.7 Å². The average molecular weight is 466 g/mol. The number of ether oxygens (including phenoxy) is 3. The zero-order valence-corrected chi connectivity index (χ0v) is 18.6. The third-order valence-electron chi connectivity index (χ3n) is 4.46. The maximum absolute atomic E-state index is 12.3. The van der Waals surface area contributed by atoms with Gasteiger partial charge in [0.15, 0.2) is 11.5 Å². The summed E-state index contributed by atoms with van der Waals surface area (Å²) in [5.74, 6) is -0.563. The lowest BCUT2D eigenvalue weighted by molar-refractivity contribution is -0.129. The lowest BCUT2D eigenvalue weighted by Crippen LogP contribution is -2.06. The Morgan fingerprint density at radius 3 is 2.24 bits per heavy atom. The fraction of sp³-hybridized carbons (Fsp3) is 0.0800. The van der Waals surface area contributed by atoms with E-state index in [9.17, 15) is 9.59 Å². The molecule has 0 atom stereocenters. The Morgan fingerprint density at radius 1 is 0.939 bits per heavy atom. The van der Waals surface area contributed by atoms with Gasteiger partial charge < -0.3 is 19.3 Å². The highest BCUT2D eigenvalue weighted by Crippen LogP contribution is 2.36. The molecule has 3 aromatic carbocycles. The van der Waals surface area contributed by atoms with Gasteiger partial charge in [0, 0.05) is 12.3 Å². The van der Waals surface area contributed by atoms with Crippen LogP contribution < -0.4 is 14.2 Å². The lowest BCUT2D eigenvalue weighted by atomic mass is 10.2. The Bertz CT molecular complexity index is 1200. The van der Waals surface area contributed by atoms with Crippen LogP contribution in [0.25, 0.3) is 6.08 Å². The number of hydrogen-bond donors (Lipinski definition) is 1. The number of benzene rings is 3. The molecular formula is C25H20ClNO6. The molecule has 0 aromatic heterocycles. The fourth-order valence-corrected chi connectivity index (χ4v) is 3.02. The van der Waals surface area contributed by atoms with E-state index >= 15 is 0 Å². The van der Waals surface area contributed by atoms with Gasteiger partial charge in [0.25, 0.3) is 0 Å². The van der Waals surface area contributed by atoms with Gasteiger partial charge in [0.05, 0.1) is 30.5 Å². The van der Waals surface area contributed by atoms with Gasteiger partial charge in [-0.3, -0.25) is 4.99 Å². The Balaban J connectivity index is 1.73. The summed E-state index contributed by atoms with van der Waals surface area (Å²) in [5, 5.41) is 9.13. The van der Waals surface area contributed by atoms with Crippen molar-refractivity contribution in [3.63, 3.8) is 0 Å². The van der Waals surface area contributed by atoms with E-state index in [4.69, 9.17) is 30.9 Å². The van der Waals surface area contributed by atoms with E-state index in [1.165, 1.54) is 25.3 Å². The van der Waals surface area contributed by atoms with Crippen molar-refractivity contribution in [3.8, 4) is 17.2 Å². The predicted octanol–water partition coefficient (Wildman–Crippen LogP) is 5.42. The smallest absolute Gasteiger partial charge is 0.336 e. The van der Waals surface area contributed by atoms with Crippen LogP contribution in [0, 0.1) is 0 Å². The van der Waals surface area contributed by atoms with Crippen LogP contribution in [-0.2, 0) is 4.79 Å². The number of nitrogens with zero attached hydrogens (tertiary/aromatic N) is 1. The molecular weight excluding hydrogens is 446 g/mol. The molecule has 0 saturated carbocycles. The van der Waals surface area contributed by atoms with E-state index in [1.54, 1.807) is 67.9 Å². The maximum atomic E-state index is 12.3. The molecule has 168 valence electrons. The van der Waals surface area contributed by atoms with Gasteiger partial charge in [-0.05, 0) is 65.7 Å². The first-order valence-electron chi connectivity index (χ1n) is 9.68. The van der Waals surface area contributed by atoms with Gasteiger partial charge >= 0.3 is 11.9 Å². The number of aliphatic imine (C=N–C) groups is 1. The van der Waals surface area contributed by atoms with E-state index in [2.05, 4.69) is 4.99 Å². The molecule has 1 N–H and O–H groups in total. The molecule has 0 spiro atoms. The van der Waals surface area contributed by atoms with Crippen LogP contribution in [0.5, 0.6) is 17.2 Å². The molecule has 7 nitrogen and oxygen atoms in total. The average Bonchev–Trinajstić information content (AvgIpc) is 2.83. The summed E-state index contributed by atoms with van der Waals surface area (Å²) in [5.41, 5.74) is 2.14. The van der Waals surface area contributed by atoms with Crippen molar-refractivity contribution in [2.75, 3.05) is 14.2 Å². The first kappa shape index (κ1) is 23.6. The van der Waals surface area contributed by atoms with Gasteiger partial charge in [-0.25, -0.2) is 9.59 Å². The summed E-state index contributed by atoms with van der Waals surface area (Å²) in [6.45, 7) is 0. The van der Waals surface area contributed by atoms with Crippen LogP contribution >= 0.6 is 11.6 Å². The van der Waals surface area contributed by atoms with Gasteiger partial charge in [0.1, 0.15) is 5.75 Å². The highest BCUT2D eigenvalue weighted by molar-refractivity contribution is 6.32. The molecule has 3 aromatic rings. The number of rotatable bonds is 8. The molecule has 8 heteroatoms. The van der Waals surface area contributed by atoms with Crippen LogP contribution in [0.15, 0.2) is 71.7 Å². The molecule has 0 radical (unpaired) electrons. The first-order chi connectivity index (χ1) is 15.9. The first-order valence-corrected chi connectivity index (χ1v) is 10.1. The third-order valence-corrected chi connectivity index (χ3v) is 4.74. The van der Waals surface area contributed by atoms with E-state index in [-0.39, 0.29) is 22.1 Å². The zero-order valence-electron chi connectivity index (χ0n) is 17.8. The number of hydrogen-bond acceptors (Lipinski definition) is 6. The highest BCUT2D eigenvalue weighted by atomic mass is 35.5. The standard InChI is InChI=1S/C25H20ClNO6/c1-31-20-10-3-16(4-11-20)5-12-23(28)33-24-21(26)13-17(14-22(24)32-2)15-27-19-8-6-18(7-9-19)25(29)30/h3-15H,1-2H3,(H,29,30)/b12-5+,27-15?. The number of aromatic carboxylic acids is 1. The normalized spacial score (nSPS) is 11.0. The van der Waals surface area contributed by atoms with Crippen molar-refractivity contribution in [1.29, 1.82) is 0 Å². The third kappa shape index (κ3) is 6.44. The Labute approximate surface area is 195 Å². The van der Waals surface area contributed by atoms with E-state index in [0.29, 0.717) is 17.0 Å². The topological polar surface area (TPSA) is 94.4 Å². The summed E-state index contributed by atoms with van der Waals surface area (Å²) < 4.78 is 15.8. The fourth-order valence-electron chi connectivity index (χ4n) is 2.77. The van der Waals surface area contributed by atoms with Crippen molar-refractivity contribution in [2.24, 2.45) is 4.99 Å². The molecule has 0 fully saturated rings. The number of halogens is 1. The van der Waals surface area contributed by atoms with E-state index in [1.807, 2.05) is 0 Å². The second-order valence-electron chi connectivity index (χ2n) is 6.67. The molecule has 0 aliphatic heterocycles. The number of methoxy groups -OCH3 is 2. The number of esters is 1. The minimum atomic E-state index is -1.01. The second kappa shape index (κ2) is 11.0. The van der Waals surface area contributed by atoms with Crippen molar-refractivity contribution in [2.45, 2.75) is 0 Å². The quantitative estimate of drug-likeness (QED) is 0.206. The molecule has 0 amide bonds. The summed E-state index contributed by atoms with van der Waals surface area (Å²) >= 11 is 6.32. The van der Waals surface area contributed by atoms with Gasteiger partial charge in [-0.15, -0.1) is 0 Å². The number of carbonyl (C=O) groups excluding carboxylic acids is 1. The predicted molar refractivity (Wildman–Crippen MR) is 126 cm³/mol. The summed E-state index contributed by atoms with van der Waals surface area (Å²) in [4.78, 5) is 27.5. The van der Waals surface area contributed by atoms with Gasteiger partial charge in [0.2, 0.25) is 0 Å². The van der Waals surface area contributed by atoms with Crippen LogP contribution in [-0.4, -0.2) is 37.5 Å². The Hall–Kier alpha value is -4.10. The van der Waals surface area contributed by atoms with Crippen LogP contribution in [0.1, 0.15) is 21.5 Å². The number of carbonyl (C=O) groups is 2. The van der Waals surface area contributed by atoms with Crippen molar-refractivity contribution in [1.82, 2.24) is 0 Å². The summed E-state index contributed by atoms with van der Waals surface area (Å²) in [6.07, 6.45) is 4.44. The van der Waals surface area contributed by atoms with Crippen molar-refractivity contribution >= 4 is 41.5 Å². The molecule has 0 aliphatic rings. The van der Waals surface area contributed by atoms with Gasteiger partial charge in [-0.2, -0.15) is 0 Å². The van der Waals surface area contributed by atoms with E-state index in [0.717, 1.165) is 5.56 Å². The maximum Gasteiger partial charge on any atom is 0.336 e. The van der Waals surface area contributed by atoms with Crippen LogP contribution in [0.4, 0.5) is 5.69 Å². The molecule has 33 heavy (non-hydrogen) atoms. The summed E-state index contributed by atoms with van der Waals surface area (Å²) in [6, 6.07) is 16.5. The number of carboxylic acids is 1. The zero-order chi connectivity index (χ0) is 23.8. The molecule has 0 saturated heterocycles. The van der Waals surface area contributed by atoms with E-state index < -0.39 is 11.9 Å². The molecule has 0 aliphatic carbocycles. The SMILES string of the molecule is COc1ccc(/C=C/C(=O)Oc2c(Cl)cc(C=Nc3ccc(C(=O)O)cc3)cc2OC)cc1. The minimum Gasteiger partial charge on any atom is -0.497 e. The minimum absolute atomic E-state index is 0.0894. The highest BCUT2D eigenvalue weighted by Gasteiger charge is 2.14.